The molecule has 0 saturated heterocycles. The number of aryl methyl sites for hydroxylation is 2. The molecule has 0 aliphatic carbocycles. The monoisotopic (exact) mass is 397 g/mol. The van der Waals surface area contributed by atoms with E-state index < -0.39 is 0 Å². The minimum atomic E-state index is -0.200. The molecule has 154 valence electrons. The molecular formula is C22H29N4O3+. The van der Waals surface area contributed by atoms with Gasteiger partial charge in [-0.05, 0) is 49.2 Å². The number of para-hydroxylation sites is 1. The minimum absolute atomic E-state index is 0.0954. The van der Waals surface area contributed by atoms with Crippen LogP contribution in [0.2, 0.25) is 0 Å². The van der Waals surface area contributed by atoms with E-state index in [1.54, 1.807) is 45.4 Å². The first-order valence-electron chi connectivity index (χ1n) is 9.46. The highest BCUT2D eigenvalue weighted by Gasteiger charge is 2.16. The van der Waals surface area contributed by atoms with Crippen LogP contribution in [0.3, 0.4) is 0 Å². The number of carbonyl (C=O) groups excluding carboxylic acids is 3. The molecule has 29 heavy (non-hydrogen) atoms. The Balaban J connectivity index is 1.85. The van der Waals surface area contributed by atoms with E-state index in [1.807, 2.05) is 32.0 Å². The van der Waals surface area contributed by atoms with Crippen molar-refractivity contribution in [3.8, 4) is 0 Å². The van der Waals surface area contributed by atoms with Crippen LogP contribution >= 0.6 is 0 Å². The molecule has 3 N–H and O–H groups in total. The quantitative estimate of drug-likeness (QED) is 0.654. The lowest BCUT2D eigenvalue weighted by molar-refractivity contribution is -0.862. The van der Waals surface area contributed by atoms with Crippen molar-refractivity contribution < 1.29 is 19.3 Å². The molecule has 0 spiro atoms. The van der Waals surface area contributed by atoms with Gasteiger partial charge in [-0.2, -0.15) is 0 Å². The molecule has 0 aliphatic rings. The average molecular weight is 397 g/mol. The number of hydrogen-bond donors (Lipinski definition) is 3. The van der Waals surface area contributed by atoms with Crippen LogP contribution in [-0.2, 0) is 9.59 Å². The molecule has 1 atom stereocenters. The van der Waals surface area contributed by atoms with Crippen LogP contribution in [0.25, 0.3) is 0 Å². The van der Waals surface area contributed by atoms with Crippen LogP contribution in [0.4, 0.5) is 11.4 Å². The summed E-state index contributed by atoms with van der Waals surface area (Å²) in [5.41, 5.74) is 3.99. The fraction of sp³-hybridized carbons (Fsp3) is 0.318. The second-order valence-corrected chi connectivity index (χ2v) is 7.45. The van der Waals surface area contributed by atoms with E-state index in [0.717, 1.165) is 21.7 Å². The number of rotatable bonds is 7. The van der Waals surface area contributed by atoms with Gasteiger partial charge in [0.15, 0.2) is 13.1 Å². The Labute approximate surface area is 171 Å². The lowest BCUT2D eigenvalue weighted by atomic mass is 10.1. The summed E-state index contributed by atoms with van der Waals surface area (Å²) in [6.45, 7) is 4.23. The standard InChI is InChI=1S/C22H28N4O3/c1-15-7-6-8-16(2)21(15)24-20(28)14-26(5)13-19(27)23-18-11-9-17(10-12-18)22(29)25(3)4/h6-12H,13-14H2,1-5H3,(H,23,27)(H,24,28)/p+1. The van der Waals surface area contributed by atoms with Gasteiger partial charge in [-0.3, -0.25) is 14.4 Å². The number of hydrogen-bond acceptors (Lipinski definition) is 3. The first-order valence-corrected chi connectivity index (χ1v) is 9.46. The summed E-state index contributed by atoms with van der Waals surface area (Å²) in [5, 5.41) is 5.72. The highest BCUT2D eigenvalue weighted by molar-refractivity contribution is 5.96. The Morgan fingerprint density at radius 1 is 0.862 bits per heavy atom. The van der Waals surface area contributed by atoms with E-state index in [-0.39, 0.29) is 30.8 Å². The second-order valence-electron chi connectivity index (χ2n) is 7.45. The molecule has 0 heterocycles. The van der Waals surface area contributed by atoms with Gasteiger partial charge in [-0.15, -0.1) is 0 Å². The first kappa shape index (κ1) is 22.1. The van der Waals surface area contributed by atoms with Crippen molar-refractivity contribution in [3.05, 3.63) is 59.2 Å². The number of benzene rings is 2. The van der Waals surface area contributed by atoms with E-state index in [1.165, 1.54) is 4.90 Å². The number of amides is 3. The van der Waals surface area contributed by atoms with Crippen molar-refractivity contribution in [2.24, 2.45) is 0 Å². The van der Waals surface area contributed by atoms with Crippen LogP contribution in [0.1, 0.15) is 21.5 Å². The van der Waals surface area contributed by atoms with Gasteiger partial charge >= 0.3 is 0 Å². The summed E-state index contributed by atoms with van der Waals surface area (Å²) in [5.74, 6) is -0.435. The van der Waals surface area contributed by atoms with Crippen molar-refractivity contribution in [1.82, 2.24) is 4.90 Å². The van der Waals surface area contributed by atoms with Gasteiger partial charge in [0.1, 0.15) is 0 Å². The van der Waals surface area contributed by atoms with Crippen LogP contribution in [0.5, 0.6) is 0 Å². The maximum absolute atomic E-state index is 12.3. The van der Waals surface area contributed by atoms with Gasteiger partial charge in [0.2, 0.25) is 0 Å². The molecule has 2 aromatic rings. The summed E-state index contributed by atoms with van der Waals surface area (Å²) in [7, 11) is 5.17. The van der Waals surface area contributed by atoms with Crippen LogP contribution in [0.15, 0.2) is 42.5 Å². The number of anilines is 2. The second kappa shape index (κ2) is 9.84. The summed E-state index contributed by atoms with van der Waals surface area (Å²) in [4.78, 5) is 38.7. The SMILES string of the molecule is Cc1cccc(C)c1NC(=O)C[NH+](C)CC(=O)Nc1ccc(C(=O)N(C)C)cc1. The maximum Gasteiger partial charge on any atom is 0.279 e. The number of nitrogens with zero attached hydrogens (tertiary/aromatic N) is 1. The van der Waals surface area contributed by atoms with Crippen LogP contribution in [0, 0.1) is 13.8 Å². The molecule has 1 unspecified atom stereocenters. The minimum Gasteiger partial charge on any atom is -0.345 e. The molecule has 2 rings (SSSR count). The third-order valence-electron chi connectivity index (χ3n) is 4.49. The normalized spacial score (nSPS) is 11.5. The lowest BCUT2D eigenvalue weighted by Gasteiger charge is -2.16. The Kier molecular flexibility index (Phi) is 7.50. The fourth-order valence-corrected chi connectivity index (χ4v) is 2.97. The molecule has 0 fully saturated rings. The van der Waals surface area contributed by atoms with Gasteiger partial charge in [0, 0.05) is 31.0 Å². The predicted octanol–water partition coefficient (Wildman–Crippen LogP) is 1.10. The van der Waals surface area contributed by atoms with Crippen LogP contribution < -0.4 is 15.5 Å². The zero-order chi connectivity index (χ0) is 21.6. The van der Waals surface area contributed by atoms with E-state index in [4.69, 9.17) is 0 Å². The molecule has 0 aliphatic heterocycles. The fourth-order valence-electron chi connectivity index (χ4n) is 2.97. The van der Waals surface area contributed by atoms with Crippen molar-refractivity contribution >= 4 is 29.1 Å². The third kappa shape index (κ3) is 6.43. The molecule has 7 heteroatoms. The summed E-state index contributed by atoms with van der Waals surface area (Å²) in [6.07, 6.45) is 0. The topological polar surface area (TPSA) is 83.0 Å². The Morgan fingerprint density at radius 2 is 1.38 bits per heavy atom. The van der Waals surface area contributed by atoms with Crippen molar-refractivity contribution in [2.45, 2.75) is 13.8 Å². The largest absolute Gasteiger partial charge is 0.345 e. The van der Waals surface area contributed by atoms with Crippen LogP contribution in [-0.4, -0.2) is 56.9 Å². The summed E-state index contributed by atoms with van der Waals surface area (Å²) in [6, 6.07) is 12.6. The van der Waals surface area contributed by atoms with Crippen molar-refractivity contribution in [3.63, 3.8) is 0 Å². The molecular weight excluding hydrogens is 368 g/mol. The number of nitrogens with one attached hydrogen (secondary N) is 3. The molecule has 7 nitrogen and oxygen atoms in total. The Hall–Kier alpha value is -3.19. The van der Waals surface area contributed by atoms with Crippen molar-refractivity contribution in [2.75, 3.05) is 44.9 Å². The van der Waals surface area contributed by atoms with Gasteiger partial charge in [0.25, 0.3) is 17.7 Å². The van der Waals surface area contributed by atoms with Gasteiger partial charge < -0.3 is 20.4 Å². The molecule has 0 aromatic heterocycles. The summed E-state index contributed by atoms with van der Waals surface area (Å²) >= 11 is 0. The third-order valence-corrected chi connectivity index (χ3v) is 4.49. The highest BCUT2D eigenvalue weighted by atomic mass is 16.2. The summed E-state index contributed by atoms with van der Waals surface area (Å²) < 4.78 is 0. The zero-order valence-electron chi connectivity index (χ0n) is 17.6. The molecule has 0 radical (unpaired) electrons. The average Bonchev–Trinajstić information content (AvgIpc) is 2.64. The lowest BCUT2D eigenvalue weighted by Crippen LogP contribution is -3.11. The van der Waals surface area contributed by atoms with E-state index in [9.17, 15) is 14.4 Å². The smallest absolute Gasteiger partial charge is 0.279 e. The Morgan fingerprint density at radius 3 is 1.90 bits per heavy atom. The van der Waals surface area contributed by atoms with Gasteiger partial charge in [0.05, 0.1) is 7.05 Å². The van der Waals surface area contributed by atoms with E-state index in [0.29, 0.717) is 11.3 Å². The highest BCUT2D eigenvalue weighted by Crippen LogP contribution is 2.18. The molecule has 3 amide bonds. The number of quaternary nitrogens is 1. The number of likely N-dealkylation sites (N-methyl/N-ethyl adjacent to an activating group) is 1. The van der Waals surface area contributed by atoms with Gasteiger partial charge in [-0.25, -0.2) is 0 Å². The molecule has 0 saturated carbocycles. The van der Waals surface area contributed by atoms with E-state index >= 15 is 0 Å². The Bertz CT molecular complexity index is 871. The maximum atomic E-state index is 12.3. The molecule has 0 bridgehead atoms. The number of carbonyl (C=O) groups is 3. The zero-order valence-corrected chi connectivity index (χ0v) is 17.6. The molecule has 2 aromatic carbocycles. The van der Waals surface area contributed by atoms with Gasteiger partial charge in [-0.1, -0.05) is 18.2 Å². The van der Waals surface area contributed by atoms with Crippen molar-refractivity contribution in [1.29, 1.82) is 0 Å². The van der Waals surface area contributed by atoms with E-state index in [2.05, 4.69) is 10.6 Å². The first-order chi connectivity index (χ1) is 13.7. The predicted molar refractivity (Wildman–Crippen MR) is 114 cm³/mol.